The predicted octanol–water partition coefficient (Wildman–Crippen LogP) is 3.87. The van der Waals surface area contributed by atoms with E-state index in [0.717, 1.165) is 17.0 Å². The fourth-order valence-corrected chi connectivity index (χ4v) is 2.95. The van der Waals surface area contributed by atoms with Gasteiger partial charge in [-0.05, 0) is 23.6 Å². The second-order valence-corrected chi connectivity index (χ2v) is 6.94. The highest BCUT2D eigenvalue weighted by molar-refractivity contribution is 7.80. The van der Waals surface area contributed by atoms with E-state index in [1.807, 2.05) is 17.5 Å². The summed E-state index contributed by atoms with van der Waals surface area (Å²) in [7, 11) is 0. The van der Waals surface area contributed by atoms with Crippen LogP contribution in [-0.4, -0.2) is 23.1 Å². The number of ketones is 1. The lowest BCUT2D eigenvalue weighted by atomic mass is 10.1. The third-order valence-corrected chi connectivity index (χ3v) is 4.41. The topological polar surface area (TPSA) is 46.2 Å². The first-order valence-corrected chi connectivity index (χ1v) is 8.80. The van der Waals surface area contributed by atoms with Crippen molar-refractivity contribution in [3.05, 3.63) is 63.6 Å². The molecule has 26 heavy (non-hydrogen) atoms. The van der Waals surface area contributed by atoms with Crippen LogP contribution in [0.25, 0.3) is 6.08 Å². The summed E-state index contributed by atoms with van der Waals surface area (Å²) in [5.41, 5.74) is -0.505. The van der Waals surface area contributed by atoms with Gasteiger partial charge in [0.2, 0.25) is 5.91 Å². The van der Waals surface area contributed by atoms with Gasteiger partial charge >= 0.3 is 0 Å². The van der Waals surface area contributed by atoms with E-state index in [-0.39, 0.29) is 25.3 Å². The van der Waals surface area contributed by atoms with Gasteiger partial charge in [0.25, 0.3) is 0 Å². The number of nitrogens with one attached hydrogen (secondary N) is 1. The van der Waals surface area contributed by atoms with E-state index in [1.54, 1.807) is 0 Å². The lowest BCUT2D eigenvalue weighted by Crippen LogP contribution is -2.30. The molecule has 8 heteroatoms. The maximum absolute atomic E-state index is 13.5. The molecule has 0 unspecified atom stereocenters. The molecule has 2 rings (SSSR count). The average Bonchev–Trinajstić information content (AvgIpc) is 3.04. The van der Waals surface area contributed by atoms with Crippen molar-refractivity contribution in [1.29, 1.82) is 0 Å². The van der Waals surface area contributed by atoms with Gasteiger partial charge in [-0.25, -0.2) is 13.2 Å². The summed E-state index contributed by atoms with van der Waals surface area (Å²) < 4.78 is 39.8. The number of carbonyl (C=O) groups is 2. The molecular formula is C18H14F3NO2S2. The molecule has 1 aromatic heterocycles. The highest BCUT2D eigenvalue weighted by atomic mass is 32.1. The Hall–Kier alpha value is -2.32. The van der Waals surface area contributed by atoms with E-state index in [0.29, 0.717) is 17.0 Å². The van der Waals surface area contributed by atoms with Crippen molar-refractivity contribution >= 4 is 46.2 Å². The molecule has 1 heterocycles. The van der Waals surface area contributed by atoms with Crippen LogP contribution >= 0.6 is 23.6 Å². The lowest BCUT2D eigenvalue weighted by Gasteiger charge is -2.05. The number of hydrogen-bond donors (Lipinski definition) is 1. The Bertz CT molecular complexity index is 825. The van der Waals surface area contributed by atoms with E-state index in [2.05, 4.69) is 5.32 Å². The molecule has 0 saturated heterocycles. The zero-order valence-corrected chi connectivity index (χ0v) is 15.1. The number of allylic oxidation sites excluding steroid dienone is 1. The summed E-state index contributed by atoms with van der Waals surface area (Å²) in [6, 6.07) is 4.74. The van der Waals surface area contributed by atoms with Crippen LogP contribution in [0.1, 0.15) is 16.9 Å². The molecule has 0 aliphatic rings. The molecule has 136 valence electrons. The van der Waals surface area contributed by atoms with Gasteiger partial charge in [0, 0.05) is 40.4 Å². The van der Waals surface area contributed by atoms with Crippen molar-refractivity contribution in [2.45, 2.75) is 12.8 Å². The maximum atomic E-state index is 13.5. The molecule has 1 aromatic carbocycles. The van der Waals surface area contributed by atoms with Crippen LogP contribution in [0.15, 0.2) is 35.7 Å². The summed E-state index contributed by atoms with van der Waals surface area (Å²) >= 11 is 6.49. The fourth-order valence-electron chi connectivity index (χ4n) is 2.04. The number of thiophene rings is 1. The molecule has 0 aliphatic carbocycles. The zero-order valence-electron chi connectivity index (χ0n) is 13.4. The summed E-state index contributed by atoms with van der Waals surface area (Å²) in [5, 5.41) is 4.48. The van der Waals surface area contributed by atoms with E-state index >= 15 is 0 Å². The SMILES string of the molecule is O=C(/C=C/c1c(F)cc(F)cc1F)CC(=S)CNC(=O)Cc1cccs1. The first-order chi connectivity index (χ1) is 12.3. The number of halogens is 3. The van der Waals surface area contributed by atoms with Crippen LogP contribution < -0.4 is 5.32 Å². The summed E-state index contributed by atoms with van der Waals surface area (Å²) in [5.74, 6) is -3.94. The number of benzene rings is 1. The molecule has 1 amide bonds. The second kappa shape index (κ2) is 9.40. The van der Waals surface area contributed by atoms with Gasteiger partial charge in [-0.1, -0.05) is 18.3 Å². The van der Waals surface area contributed by atoms with Crippen LogP contribution in [-0.2, 0) is 16.0 Å². The Morgan fingerprint density at radius 1 is 1.19 bits per heavy atom. The minimum atomic E-state index is -1.10. The van der Waals surface area contributed by atoms with Gasteiger partial charge < -0.3 is 5.32 Å². The number of hydrogen-bond acceptors (Lipinski definition) is 4. The summed E-state index contributed by atoms with van der Waals surface area (Å²) in [6.45, 7) is 0.0540. The number of thiocarbonyl (C=S) groups is 1. The number of amides is 1. The Kier molecular flexibility index (Phi) is 7.23. The Morgan fingerprint density at radius 2 is 1.88 bits per heavy atom. The van der Waals surface area contributed by atoms with Crippen molar-refractivity contribution in [3.63, 3.8) is 0 Å². The Balaban J connectivity index is 1.82. The molecule has 0 radical (unpaired) electrons. The maximum Gasteiger partial charge on any atom is 0.225 e. The highest BCUT2D eigenvalue weighted by Gasteiger charge is 2.10. The van der Waals surface area contributed by atoms with Crippen LogP contribution in [0.5, 0.6) is 0 Å². The Labute approximate surface area is 157 Å². The molecule has 0 bridgehead atoms. The van der Waals surface area contributed by atoms with Crippen molar-refractivity contribution in [1.82, 2.24) is 5.32 Å². The molecule has 0 atom stereocenters. The van der Waals surface area contributed by atoms with Crippen LogP contribution in [0, 0.1) is 17.5 Å². The van der Waals surface area contributed by atoms with Crippen molar-refractivity contribution < 1.29 is 22.8 Å². The third-order valence-electron chi connectivity index (χ3n) is 3.25. The average molecular weight is 397 g/mol. The van der Waals surface area contributed by atoms with Crippen LogP contribution in [0.2, 0.25) is 0 Å². The van der Waals surface area contributed by atoms with E-state index < -0.39 is 28.8 Å². The van der Waals surface area contributed by atoms with Gasteiger partial charge in [0.15, 0.2) is 5.78 Å². The van der Waals surface area contributed by atoms with Gasteiger partial charge in [-0.15, -0.1) is 11.3 Å². The molecule has 0 spiro atoms. The molecule has 1 N–H and O–H groups in total. The fraction of sp³-hybridized carbons (Fsp3) is 0.167. The second-order valence-electron chi connectivity index (χ2n) is 5.33. The molecule has 0 saturated carbocycles. The van der Waals surface area contributed by atoms with Crippen LogP contribution in [0.4, 0.5) is 13.2 Å². The molecule has 3 nitrogen and oxygen atoms in total. The van der Waals surface area contributed by atoms with Gasteiger partial charge in [0.1, 0.15) is 17.5 Å². The predicted molar refractivity (Wildman–Crippen MR) is 98.6 cm³/mol. The quantitative estimate of drug-likeness (QED) is 0.543. The van der Waals surface area contributed by atoms with Gasteiger partial charge in [-0.3, -0.25) is 9.59 Å². The van der Waals surface area contributed by atoms with Crippen LogP contribution in [0.3, 0.4) is 0 Å². The molecular weight excluding hydrogens is 383 g/mol. The zero-order chi connectivity index (χ0) is 19.1. The highest BCUT2D eigenvalue weighted by Crippen LogP contribution is 2.16. The summed E-state index contributed by atoms with van der Waals surface area (Å²) in [4.78, 5) is 24.8. The van der Waals surface area contributed by atoms with E-state index in [9.17, 15) is 22.8 Å². The first-order valence-electron chi connectivity index (χ1n) is 7.51. The summed E-state index contributed by atoms with van der Waals surface area (Å²) in [6.07, 6.45) is 1.98. The van der Waals surface area contributed by atoms with Gasteiger partial charge in [0.05, 0.1) is 6.42 Å². The smallest absolute Gasteiger partial charge is 0.225 e. The number of rotatable bonds is 8. The Morgan fingerprint density at radius 3 is 2.50 bits per heavy atom. The minimum absolute atomic E-state index is 0.0540. The normalized spacial score (nSPS) is 10.9. The standard InChI is InChI=1S/C18H14F3NO2S2/c19-11-6-16(20)15(17(21)7-11)4-3-12(23)8-13(25)10-22-18(24)9-14-2-1-5-26-14/h1-7H,8-10H2,(H,22,24)/b4-3+. The molecule has 0 aliphatic heterocycles. The first kappa shape index (κ1) is 20.0. The largest absolute Gasteiger partial charge is 0.351 e. The minimum Gasteiger partial charge on any atom is -0.351 e. The molecule has 2 aromatic rings. The van der Waals surface area contributed by atoms with Crippen molar-refractivity contribution in [2.24, 2.45) is 0 Å². The number of carbonyl (C=O) groups excluding carboxylic acids is 2. The third kappa shape index (κ3) is 6.20. The van der Waals surface area contributed by atoms with Crippen molar-refractivity contribution in [2.75, 3.05) is 6.54 Å². The molecule has 0 fully saturated rings. The van der Waals surface area contributed by atoms with E-state index in [4.69, 9.17) is 12.2 Å². The van der Waals surface area contributed by atoms with E-state index in [1.165, 1.54) is 11.3 Å². The van der Waals surface area contributed by atoms with Gasteiger partial charge in [-0.2, -0.15) is 0 Å². The monoisotopic (exact) mass is 397 g/mol. The van der Waals surface area contributed by atoms with Crippen molar-refractivity contribution in [3.8, 4) is 0 Å². The lowest BCUT2D eigenvalue weighted by molar-refractivity contribution is -0.120.